The number of carbonyl (C=O) groups is 1. The highest BCUT2D eigenvalue weighted by atomic mass is 16.2. The van der Waals surface area contributed by atoms with Gasteiger partial charge in [-0.1, -0.05) is 29.8 Å². The fraction of sp³-hybridized carbons (Fsp3) is 0.458. The maximum Gasteiger partial charge on any atom is 0.279 e. The third-order valence-corrected chi connectivity index (χ3v) is 6.23. The lowest BCUT2D eigenvalue weighted by Gasteiger charge is -2.29. The molecular formula is C24H34N4O+2. The number of piperazine rings is 1. The predicted octanol–water partition coefficient (Wildman–Crippen LogP) is 0.517. The quantitative estimate of drug-likeness (QED) is 0.669. The Balaban J connectivity index is 1.20. The molecule has 0 unspecified atom stereocenters. The molecule has 2 aromatic rings. The monoisotopic (exact) mass is 394 g/mol. The van der Waals surface area contributed by atoms with Gasteiger partial charge in [-0.2, -0.15) is 0 Å². The highest BCUT2D eigenvalue weighted by Gasteiger charge is 2.25. The van der Waals surface area contributed by atoms with Crippen LogP contribution in [0, 0.1) is 6.92 Å². The van der Waals surface area contributed by atoms with Crippen LogP contribution in [-0.2, 0) is 11.3 Å². The summed E-state index contributed by atoms with van der Waals surface area (Å²) in [6, 6.07) is 17.1. The predicted molar refractivity (Wildman–Crippen MR) is 118 cm³/mol. The first-order chi connectivity index (χ1) is 14.2. The number of anilines is 2. The highest BCUT2D eigenvalue weighted by molar-refractivity contribution is 5.91. The van der Waals surface area contributed by atoms with E-state index in [4.69, 9.17) is 0 Å². The van der Waals surface area contributed by atoms with Crippen molar-refractivity contribution < 1.29 is 14.6 Å². The molecule has 0 saturated carbocycles. The van der Waals surface area contributed by atoms with Crippen molar-refractivity contribution in [2.45, 2.75) is 26.3 Å². The second kappa shape index (κ2) is 9.42. The second-order valence-corrected chi connectivity index (χ2v) is 8.63. The number of amides is 1. The summed E-state index contributed by atoms with van der Waals surface area (Å²) in [6.07, 6.45) is 2.56. The van der Waals surface area contributed by atoms with Crippen molar-refractivity contribution in [3.05, 3.63) is 59.7 Å². The molecule has 0 radical (unpaired) electrons. The summed E-state index contributed by atoms with van der Waals surface area (Å²) in [5, 5.41) is 3.08. The van der Waals surface area contributed by atoms with Gasteiger partial charge in [-0.3, -0.25) is 4.79 Å². The van der Waals surface area contributed by atoms with E-state index in [2.05, 4.69) is 53.5 Å². The van der Waals surface area contributed by atoms with Gasteiger partial charge in [0, 0.05) is 30.0 Å². The first-order valence-electron chi connectivity index (χ1n) is 11.0. The second-order valence-electron chi connectivity index (χ2n) is 8.63. The largest absolute Gasteiger partial charge is 0.372 e. The van der Waals surface area contributed by atoms with Crippen molar-refractivity contribution in [3.8, 4) is 0 Å². The van der Waals surface area contributed by atoms with E-state index < -0.39 is 0 Å². The van der Waals surface area contributed by atoms with Gasteiger partial charge < -0.3 is 20.0 Å². The van der Waals surface area contributed by atoms with Crippen molar-refractivity contribution in [2.75, 3.05) is 56.0 Å². The van der Waals surface area contributed by atoms with E-state index in [0.717, 1.165) is 51.5 Å². The first kappa shape index (κ1) is 19.9. The van der Waals surface area contributed by atoms with E-state index in [1.807, 2.05) is 12.1 Å². The summed E-state index contributed by atoms with van der Waals surface area (Å²) < 4.78 is 0. The average Bonchev–Trinajstić information content (AvgIpc) is 3.25. The lowest BCUT2D eigenvalue weighted by Crippen LogP contribution is -3.28. The van der Waals surface area contributed by atoms with Crippen LogP contribution in [0.1, 0.15) is 24.0 Å². The summed E-state index contributed by atoms with van der Waals surface area (Å²) in [6.45, 7) is 10.5. The third kappa shape index (κ3) is 5.58. The summed E-state index contributed by atoms with van der Waals surface area (Å²) in [5.41, 5.74) is 4.91. The molecule has 2 saturated heterocycles. The normalized spacial score (nSPS) is 21.9. The number of rotatable bonds is 6. The van der Waals surface area contributed by atoms with Crippen LogP contribution in [0.3, 0.4) is 0 Å². The van der Waals surface area contributed by atoms with Gasteiger partial charge in [0.2, 0.25) is 0 Å². The maximum absolute atomic E-state index is 12.5. The molecule has 5 nitrogen and oxygen atoms in total. The van der Waals surface area contributed by atoms with E-state index in [1.54, 1.807) is 4.90 Å². The molecule has 0 aromatic heterocycles. The molecule has 154 valence electrons. The summed E-state index contributed by atoms with van der Waals surface area (Å²) >= 11 is 0. The molecular weight excluding hydrogens is 360 g/mol. The van der Waals surface area contributed by atoms with Crippen LogP contribution in [0.2, 0.25) is 0 Å². The topological polar surface area (TPSA) is 41.2 Å². The zero-order valence-electron chi connectivity index (χ0n) is 17.5. The number of nitrogens with one attached hydrogen (secondary N) is 3. The van der Waals surface area contributed by atoms with Crippen LogP contribution in [0.5, 0.6) is 0 Å². The molecule has 4 rings (SSSR count). The number of carbonyl (C=O) groups excluding carboxylic acids is 1. The number of benzene rings is 2. The Hall–Kier alpha value is -2.37. The van der Waals surface area contributed by atoms with Crippen LogP contribution in [0.15, 0.2) is 48.5 Å². The number of hydrogen-bond donors (Lipinski definition) is 3. The molecule has 2 fully saturated rings. The SMILES string of the molecule is Cc1cccc(C[NH+]2CC[NH+](CC(=O)Nc3ccc(N4CCCC4)cc3)CC2)c1. The average molecular weight is 395 g/mol. The van der Waals surface area contributed by atoms with E-state index in [0.29, 0.717) is 6.54 Å². The maximum atomic E-state index is 12.5. The van der Waals surface area contributed by atoms with Gasteiger partial charge in [0.15, 0.2) is 6.54 Å². The Morgan fingerprint density at radius 2 is 1.66 bits per heavy atom. The fourth-order valence-electron chi connectivity index (χ4n) is 4.58. The zero-order chi connectivity index (χ0) is 20.1. The Kier molecular flexibility index (Phi) is 6.47. The zero-order valence-corrected chi connectivity index (χ0v) is 17.5. The summed E-state index contributed by atoms with van der Waals surface area (Å²) in [7, 11) is 0. The molecule has 2 heterocycles. The molecule has 2 aliphatic rings. The van der Waals surface area contributed by atoms with Crippen molar-refractivity contribution in [3.63, 3.8) is 0 Å². The molecule has 0 spiro atoms. The molecule has 0 aliphatic carbocycles. The first-order valence-corrected chi connectivity index (χ1v) is 11.0. The molecule has 2 aromatic carbocycles. The Bertz CT molecular complexity index is 806. The van der Waals surface area contributed by atoms with Crippen LogP contribution >= 0.6 is 0 Å². The van der Waals surface area contributed by atoms with Gasteiger partial charge in [-0.05, 0) is 44.0 Å². The van der Waals surface area contributed by atoms with Gasteiger partial charge in [0.05, 0.1) is 0 Å². The van der Waals surface area contributed by atoms with Crippen LogP contribution in [0.25, 0.3) is 0 Å². The molecule has 5 heteroatoms. The minimum atomic E-state index is 0.121. The number of hydrogen-bond acceptors (Lipinski definition) is 2. The van der Waals surface area contributed by atoms with Crippen molar-refractivity contribution >= 4 is 17.3 Å². The van der Waals surface area contributed by atoms with E-state index >= 15 is 0 Å². The Labute approximate surface area is 174 Å². The van der Waals surface area contributed by atoms with Gasteiger partial charge in [-0.15, -0.1) is 0 Å². The van der Waals surface area contributed by atoms with E-state index in [9.17, 15) is 4.79 Å². The van der Waals surface area contributed by atoms with Crippen LogP contribution < -0.4 is 20.0 Å². The summed E-state index contributed by atoms with van der Waals surface area (Å²) in [4.78, 5) is 17.9. The minimum absolute atomic E-state index is 0.121. The minimum Gasteiger partial charge on any atom is -0.372 e. The number of nitrogens with zero attached hydrogens (tertiary/aromatic N) is 1. The molecule has 2 aliphatic heterocycles. The standard InChI is InChI=1S/C24H32N4O/c1-20-5-4-6-21(17-20)18-26-13-15-27(16-14-26)19-24(29)25-22-7-9-23(10-8-22)28-11-2-3-12-28/h4-10,17H,2-3,11-16,18-19H2,1H3,(H,25,29)/p+2. The molecule has 29 heavy (non-hydrogen) atoms. The van der Waals surface area contributed by atoms with Crippen molar-refractivity contribution in [2.24, 2.45) is 0 Å². The van der Waals surface area contributed by atoms with Gasteiger partial charge in [0.1, 0.15) is 32.7 Å². The molecule has 1 amide bonds. The van der Waals surface area contributed by atoms with E-state index in [-0.39, 0.29) is 5.91 Å². The van der Waals surface area contributed by atoms with E-state index in [1.165, 1.54) is 34.6 Å². The fourth-order valence-corrected chi connectivity index (χ4v) is 4.58. The Morgan fingerprint density at radius 3 is 2.34 bits per heavy atom. The Morgan fingerprint density at radius 1 is 0.966 bits per heavy atom. The highest BCUT2D eigenvalue weighted by Crippen LogP contribution is 2.21. The van der Waals surface area contributed by atoms with Crippen LogP contribution in [0.4, 0.5) is 11.4 Å². The van der Waals surface area contributed by atoms with Crippen molar-refractivity contribution in [1.29, 1.82) is 0 Å². The molecule has 3 N–H and O–H groups in total. The lowest BCUT2D eigenvalue weighted by molar-refractivity contribution is -1.02. The summed E-state index contributed by atoms with van der Waals surface area (Å²) in [5.74, 6) is 0.121. The smallest absolute Gasteiger partial charge is 0.279 e. The van der Waals surface area contributed by atoms with Gasteiger partial charge >= 0.3 is 0 Å². The third-order valence-electron chi connectivity index (χ3n) is 6.23. The number of quaternary nitrogens is 2. The van der Waals surface area contributed by atoms with Gasteiger partial charge in [-0.25, -0.2) is 0 Å². The van der Waals surface area contributed by atoms with Crippen molar-refractivity contribution in [1.82, 2.24) is 0 Å². The van der Waals surface area contributed by atoms with Gasteiger partial charge in [0.25, 0.3) is 5.91 Å². The molecule has 0 atom stereocenters. The van der Waals surface area contributed by atoms with Crippen LogP contribution in [-0.4, -0.2) is 51.7 Å². The lowest BCUT2D eigenvalue weighted by atomic mass is 10.1. The molecule has 0 bridgehead atoms. The number of aryl methyl sites for hydroxylation is 1.